The molecule has 2 saturated heterocycles. The van der Waals surface area contributed by atoms with Crippen molar-refractivity contribution < 1.29 is 24.2 Å². The van der Waals surface area contributed by atoms with Crippen LogP contribution in [0.25, 0.3) is 0 Å². The number of nitrogens with one attached hydrogen (secondary N) is 2. The Morgan fingerprint density at radius 3 is 2.33 bits per heavy atom. The Bertz CT molecular complexity index is 1120. The molecule has 2 aliphatic heterocycles. The molecule has 2 fully saturated rings. The highest BCUT2D eigenvalue weighted by Crippen LogP contribution is 2.34. The molecule has 216 valence electrons. The number of β-amino-alcohol motifs (C(OH)–C–C–N with tert-alkyl or cyclic N) is 1. The minimum atomic E-state index is -0.928. The molecule has 3 amide bonds. The molecule has 0 aromatic heterocycles. The maximum absolute atomic E-state index is 13.9. The highest BCUT2D eigenvalue weighted by Gasteiger charge is 2.54. The second-order valence-corrected chi connectivity index (χ2v) is 10.8. The van der Waals surface area contributed by atoms with Crippen LogP contribution in [-0.4, -0.2) is 76.6 Å². The number of nitrogens with zero attached hydrogens (tertiary/aromatic N) is 2. The molecule has 3 atom stereocenters. The van der Waals surface area contributed by atoms with Crippen molar-refractivity contribution in [2.45, 2.75) is 76.3 Å². The molecule has 2 heterocycles. The van der Waals surface area contributed by atoms with Crippen molar-refractivity contribution in [3.63, 3.8) is 0 Å². The van der Waals surface area contributed by atoms with Gasteiger partial charge in [-0.25, -0.2) is 4.79 Å². The van der Waals surface area contributed by atoms with Gasteiger partial charge < -0.3 is 30.3 Å². The van der Waals surface area contributed by atoms with Gasteiger partial charge in [0.2, 0.25) is 11.8 Å². The first-order chi connectivity index (χ1) is 19.4. The summed E-state index contributed by atoms with van der Waals surface area (Å²) in [7, 11) is 0. The first kappa shape index (κ1) is 29.6. The van der Waals surface area contributed by atoms with Crippen molar-refractivity contribution in [1.29, 1.82) is 0 Å². The Labute approximate surface area is 236 Å². The van der Waals surface area contributed by atoms with Crippen molar-refractivity contribution in [3.8, 4) is 0 Å². The highest BCUT2D eigenvalue weighted by atomic mass is 16.5. The van der Waals surface area contributed by atoms with Gasteiger partial charge >= 0.3 is 6.09 Å². The monoisotopic (exact) mass is 550 g/mol. The number of rotatable bonds is 11. The molecule has 2 aromatic rings. The summed E-state index contributed by atoms with van der Waals surface area (Å²) in [5.74, 6) is -0.338. The van der Waals surface area contributed by atoms with Crippen molar-refractivity contribution in [1.82, 2.24) is 20.4 Å². The SMILES string of the molecule is CCC[C@H](NC(=O)OCc1ccccc1)[C@@H]1NC(=O)C2(CCN(C[C@@H](O)c3ccccc3)CC2)N(CCC)C1=O. The molecule has 0 radical (unpaired) electrons. The maximum atomic E-state index is 13.9. The second kappa shape index (κ2) is 13.8. The number of carbonyl (C=O) groups is 3. The molecule has 40 heavy (non-hydrogen) atoms. The number of amides is 3. The number of piperidine rings is 1. The van der Waals surface area contributed by atoms with Crippen molar-refractivity contribution in [2.75, 3.05) is 26.2 Å². The third kappa shape index (κ3) is 6.82. The van der Waals surface area contributed by atoms with E-state index in [1.54, 1.807) is 4.90 Å². The molecular formula is C31H42N4O5. The molecule has 2 aromatic carbocycles. The van der Waals surface area contributed by atoms with Crippen molar-refractivity contribution in [2.24, 2.45) is 0 Å². The van der Waals surface area contributed by atoms with Crippen LogP contribution in [0.1, 0.15) is 63.2 Å². The summed E-state index contributed by atoms with van der Waals surface area (Å²) in [6.45, 7) is 6.22. The number of aliphatic hydroxyl groups is 1. The van der Waals surface area contributed by atoms with Crippen LogP contribution < -0.4 is 10.6 Å². The standard InChI is InChI=1S/C31H42N4O5/c1-3-11-25(32-30(39)40-22-23-12-7-5-8-13-23)27-28(37)35(18-4-2)31(29(38)33-27)16-19-34(20-17-31)21-26(36)24-14-9-6-10-15-24/h5-10,12-15,25-27,36H,3-4,11,16-22H2,1-2H3,(H,32,39)(H,33,38)/t25-,26+,27-/m0/s1. The highest BCUT2D eigenvalue weighted by molar-refractivity contribution is 6.00. The fraction of sp³-hybridized carbons (Fsp3) is 0.516. The third-order valence-electron chi connectivity index (χ3n) is 8.02. The predicted molar refractivity (Wildman–Crippen MR) is 152 cm³/mol. The number of alkyl carbamates (subject to hydrolysis) is 1. The molecular weight excluding hydrogens is 508 g/mol. The zero-order chi connectivity index (χ0) is 28.5. The number of hydrogen-bond donors (Lipinski definition) is 3. The maximum Gasteiger partial charge on any atom is 0.407 e. The number of aliphatic hydroxyl groups excluding tert-OH is 1. The number of carbonyl (C=O) groups excluding carboxylic acids is 3. The fourth-order valence-corrected chi connectivity index (χ4v) is 5.84. The summed E-state index contributed by atoms with van der Waals surface area (Å²) in [4.78, 5) is 44.2. The molecule has 2 aliphatic rings. The normalized spacial score (nSPS) is 20.6. The molecule has 1 spiro atoms. The lowest BCUT2D eigenvalue weighted by molar-refractivity contribution is -0.162. The minimum Gasteiger partial charge on any atom is -0.445 e. The van der Waals surface area contributed by atoms with Gasteiger partial charge in [-0.05, 0) is 36.8 Å². The van der Waals surface area contributed by atoms with E-state index in [1.165, 1.54) is 0 Å². The number of piperazine rings is 1. The van der Waals surface area contributed by atoms with Crippen LogP contribution in [0.2, 0.25) is 0 Å². The number of benzene rings is 2. The van der Waals surface area contributed by atoms with Crippen LogP contribution in [0.4, 0.5) is 4.79 Å². The van der Waals surface area contributed by atoms with Gasteiger partial charge in [-0.15, -0.1) is 0 Å². The first-order valence-electron chi connectivity index (χ1n) is 14.4. The molecule has 0 unspecified atom stereocenters. The third-order valence-corrected chi connectivity index (χ3v) is 8.02. The van der Waals surface area contributed by atoms with E-state index in [2.05, 4.69) is 15.5 Å². The van der Waals surface area contributed by atoms with Crippen LogP contribution in [0.5, 0.6) is 0 Å². The van der Waals surface area contributed by atoms with Crippen molar-refractivity contribution in [3.05, 3.63) is 71.8 Å². The van der Waals surface area contributed by atoms with Crippen LogP contribution in [0.15, 0.2) is 60.7 Å². The van der Waals surface area contributed by atoms with Gasteiger partial charge in [0, 0.05) is 26.2 Å². The summed E-state index contributed by atoms with van der Waals surface area (Å²) in [6, 6.07) is 17.5. The van der Waals surface area contributed by atoms with E-state index in [4.69, 9.17) is 4.74 Å². The van der Waals surface area contributed by atoms with Gasteiger partial charge in [-0.2, -0.15) is 0 Å². The van der Waals surface area contributed by atoms with Gasteiger partial charge in [0.1, 0.15) is 18.2 Å². The summed E-state index contributed by atoms with van der Waals surface area (Å²) in [6.07, 6.45) is 1.71. The Hall–Kier alpha value is -3.43. The molecule has 0 aliphatic carbocycles. The first-order valence-corrected chi connectivity index (χ1v) is 14.4. The Morgan fingerprint density at radius 2 is 1.70 bits per heavy atom. The largest absolute Gasteiger partial charge is 0.445 e. The van der Waals surface area contributed by atoms with Gasteiger partial charge in [0.05, 0.1) is 12.1 Å². The average molecular weight is 551 g/mol. The van der Waals surface area contributed by atoms with Gasteiger partial charge in [-0.1, -0.05) is 80.9 Å². The Kier molecular flexibility index (Phi) is 10.2. The van der Waals surface area contributed by atoms with Gasteiger partial charge in [0.25, 0.3) is 0 Å². The Balaban J connectivity index is 1.41. The zero-order valence-corrected chi connectivity index (χ0v) is 23.6. The van der Waals surface area contributed by atoms with Crippen LogP contribution >= 0.6 is 0 Å². The minimum absolute atomic E-state index is 0.122. The molecule has 0 bridgehead atoms. The topological polar surface area (TPSA) is 111 Å². The van der Waals surface area contributed by atoms with E-state index in [0.717, 1.165) is 24.0 Å². The molecule has 3 N–H and O–H groups in total. The number of ether oxygens (including phenoxy) is 1. The number of likely N-dealkylation sites (tertiary alicyclic amines) is 1. The fourth-order valence-electron chi connectivity index (χ4n) is 5.84. The van der Waals surface area contributed by atoms with E-state index < -0.39 is 29.8 Å². The lowest BCUT2D eigenvalue weighted by Crippen LogP contribution is -2.75. The van der Waals surface area contributed by atoms with E-state index in [1.807, 2.05) is 74.5 Å². The Morgan fingerprint density at radius 1 is 1.05 bits per heavy atom. The molecule has 0 saturated carbocycles. The lowest BCUT2D eigenvalue weighted by Gasteiger charge is -2.52. The van der Waals surface area contributed by atoms with E-state index in [9.17, 15) is 19.5 Å². The molecule has 4 rings (SSSR count). The van der Waals surface area contributed by atoms with Gasteiger partial charge in [-0.3, -0.25) is 9.59 Å². The van der Waals surface area contributed by atoms with E-state index >= 15 is 0 Å². The van der Waals surface area contributed by atoms with Crippen molar-refractivity contribution >= 4 is 17.9 Å². The molecule has 9 heteroatoms. The van der Waals surface area contributed by atoms with Crippen LogP contribution in [-0.2, 0) is 20.9 Å². The van der Waals surface area contributed by atoms with E-state index in [0.29, 0.717) is 45.4 Å². The smallest absolute Gasteiger partial charge is 0.407 e. The van der Waals surface area contributed by atoms with Gasteiger partial charge in [0.15, 0.2) is 0 Å². The average Bonchev–Trinajstić information content (AvgIpc) is 2.98. The summed E-state index contributed by atoms with van der Waals surface area (Å²) >= 11 is 0. The van der Waals surface area contributed by atoms with Crippen LogP contribution in [0, 0.1) is 0 Å². The van der Waals surface area contributed by atoms with E-state index in [-0.39, 0.29) is 18.4 Å². The second-order valence-electron chi connectivity index (χ2n) is 10.8. The molecule has 9 nitrogen and oxygen atoms in total. The lowest BCUT2D eigenvalue weighted by atomic mass is 9.80. The number of hydrogen-bond acceptors (Lipinski definition) is 6. The predicted octanol–water partition coefficient (Wildman–Crippen LogP) is 3.39. The summed E-state index contributed by atoms with van der Waals surface area (Å²) in [5.41, 5.74) is 0.800. The summed E-state index contributed by atoms with van der Waals surface area (Å²) in [5, 5.41) is 16.5. The summed E-state index contributed by atoms with van der Waals surface area (Å²) < 4.78 is 5.40. The zero-order valence-electron chi connectivity index (χ0n) is 23.6. The van der Waals surface area contributed by atoms with Crippen LogP contribution in [0.3, 0.4) is 0 Å². The quantitative estimate of drug-likeness (QED) is 0.396.